The second-order valence-electron chi connectivity index (χ2n) is 5.01. The van der Waals surface area contributed by atoms with Crippen LogP contribution in [0.1, 0.15) is 0 Å². The molecule has 0 aliphatic heterocycles. The smallest absolute Gasteiger partial charge is 0.109 e. The minimum atomic E-state index is -1.53. The lowest BCUT2D eigenvalue weighted by Crippen LogP contribution is -3.00. The highest BCUT2D eigenvalue weighted by atomic mass is 79.9. The van der Waals surface area contributed by atoms with Crippen LogP contribution in [0.25, 0.3) is 0 Å². The molecule has 0 radical (unpaired) electrons. The summed E-state index contributed by atoms with van der Waals surface area (Å²) < 4.78 is 0. The quantitative estimate of drug-likeness (QED) is 0.368. The monoisotopic (exact) mass is 470 g/mol. The van der Waals surface area contributed by atoms with E-state index in [9.17, 15) is 0 Å². The summed E-state index contributed by atoms with van der Waals surface area (Å²) >= 11 is 0. The van der Waals surface area contributed by atoms with E-state index in [0.29, 0.717) is 0 Å². The van der Waals surface area contributed by atoms with Crippen molar-refractivity contribution in [3.8, 4) is 0 Å². The van der Waals surface area contributed by atoms with E-state index >= 15 is 0 Å². The molecule has 3 aromatic carbocycles. The van der Waals surface area contributed by atoms with E-state index in [1.54, 1.807) is 0 Å². The molecule has 1 unspecified atom stereocenters. The Balaban J connectivity index is 0.00000161. The van der Waals surface area contributed by atoms with Crippen LogP contribution >= 0.6 is 17.2 Å². The van der Waals surface area contributed by atoms with Crippen molar-refractivity contribution in [1.29, 1.82) is 0 Å². The van der Waals surface area contributed by atoms with Gasteiger partial charge in [0.25, 0.3) is 0 Å². The first-order chi connectivity index (χ1) is 9.82. The SMILES string of the molecule is C[P+](c1ccccc1)(c1ccccc1)c1ccccc1.[Br-].[Br-].[PH4+]. The van der Waals surface area contributed by atoms with Gasteiger partial charge in [0, 0.05) is 0 Å². The zero-order valence-corrected chi connectivity index (χ0v) is 19.4. The minimum absolute atomic E-state index is 0. The van der Waals surface area contributed by atoms with Gasteiger partial charge in [0.05, 0.1) is 6.66 Å². The van der Waals surface area contributed by atoms with Gasteiger partial charge < -0.3 is 34.0 Å². The van der Waals surface area contributed by atoms with E-state index in [1.807, 2.05) is 0 Å². The molecule has 23 heavy (non-hydrogen) atoms. The molecule has 0 aliphatic rings. The standard InChI is InChI=1S/C19H18P.2BrH.H3P/c1-20(17-11-5-2-6-12-17,18-13-7-3-8-14-18)19-15-9-4-10-16-19;;;/h2-16H,1H3;2*1H;1H3/q+1;;;/p-1. The van der Waals surface area contributed by atoms with Gasteiger partial charge in [-0.1, -0.05) is 54.6 Å². The minimum Gasteiger partial charge on any atom is -1.00 e. The van der Waals surface area contributed by atoms with Gasteiger partial charge in [0.15, 0.2) is 0 Å². The Hall–Kier alpha value is -0.520. The molecule has 0 saturated heterocycles. The lowest BCUT2D eigenvalue weighted by atomic mass is 10.4. The van der Waals surface area contributed by atoms with Crippen molar-refractivity contribution in [3.05, 3.63) is 91.0 Å². The van der Waals surface area contributed by atoms with Crippen molar-refractivity contribution in [3.63, 3.8) is 0 Å². The molecule has 0 nitrogen and oxygen atoms in total. The van der Waals surface area contributed by atoms with Crippen molar-refractivity contribution in [1.82, 2.24) is 0 Å². The van der Waals surface area contributed by atoms with Crippen molar-refractivity contribution in [2.75, 3.05) is 6.66 Å². The van der Waals surface area contributed by atoms with Crippen LogP contribution in [-0.4, -0.2) is 6.66 Å². The van der Waals surface area contributed by atoms with Gasteiger partial charge in [-0.25, -0.2) is 0 Å². The van der Waals surface area contributed by atoms with E-state index in [0.717, 1.165) is 0 Å². The number of benzene rings is 3. The third-order valence-electron chi connectivity index (χ3n) is 3.82. The molecule has 0 saturated carbocycles. The second-order valence-corrected chi connectivity index (χ2v) is 8.57. The largest absolute Gasteiger partial charge is 1.00 e. The van der Waals surface area contributed by atoms with Crippen LogP contribution in [0.2, 0.25) is 0 Å². The fourth-order valence-electron chi connectivity index (χ4n) is 2.63. The summed E-state index contributed by atoms with van der Waals surface area (Å²) in [6.07, 6.45) is 0. The maximum atomic E-state index is 2.41. The average molecular weight is 472 g/mol. The van der Waals surface area contributed by atoms with Crippen LogP contribution in [-0.2, 0) is 0 Å². The maximum absolute atomic E-state index is 2.41. The Morgan fingerprint density at radius 3 is 0.913 bits per heavy atom. The van der Waals surface area contributed by atoms with Gasteiger partial charge in [-0.3, -0.25) is 0 Å². The molecule has 0 spiro atoms. The van der Waals surface area contributed by atoms with Crippen LogP contribution in [0.5, 0.6) is 0 Å². The van der Waals surface area contributed by atoms with Gasteiger partial charge in [-0.15, -0.1) is 0 Å². The highest BCUT2D eigenvalue weighted by molar-refractivity contribution is 7.95. The Bertz CT molecular complexity index is 577. The predicted octanol–water partition coefficient (Wildman–Crippen LogP) is -2.59. The zero-order valence-electron chi connectivity index (χ0n) is 13.4. The van der Waals surface area contributed by atoms with Crippen molar-refractivity contribution < 1.29 is 34.0 Å². The third-order valence-corrected chi connectivity index (χ3v) is 7.81. The van der Waals surface area contributed by atoms with Crippen LogP contribution in [0.3, 0.4) is 0 Å². The lowest BCUT2D eigenvalue weighted by Gasteiger charge is -2.22. The van der Waals surface area contributed by atoms with Gasteiger partial charge in [-0.2, -0.15) is 0 Å². The van der Waals surface area contributed by atoms with E-state index in [-0.39, 0.29) is 43.9 Å². The van der Waals surface area contributed by atoms with Crippen LogP contribution < -0.4 is 49.9 Å². The number of rotatable bonds is 3. The third kappa shape index (κ3) is 4.74. The normalized spacial score (nSPS) is 9.78. The molecule has 3 rings (SSSR count). The summed E-state index contributed by atoms with van der Waals surface area (Å²) in [4.78, 5) is 0. The first-order valence-corrected chi connectivity index (χ1v) is 9.09. The van der Waals surface area contributed by atoms with Gasteiger partial charge in [-0.05, 0) is 46.3 Å². The molecule has 0 heterocycles. The van der Waals surface area contributed by atoms with Gasteiger partial charge in [0.2, 0.25) is 0 Å². The summed E-state index contributed by atoms with van der Waals surface area (Å²) in [5.74, 6) is 0. The summed E-state index contributed by atoms with van der Waals surface area (Å²) in [6.45, 7) is 2.41. The first kappa shape index (κ1) is 22.5. The van der Waals surface area contributed by atoms with Crippen LogP contribution in [0, 0.1) is 0 Å². The Kier molecular flexibility index (Phi) is 10.1. The molecule has 4 heteroatoms. The Morgan fingerprint density at radius 2 is 0.696 bits per heavy atom. The Morgan fingerprint density at radius 1 is 0.478 bits per heavy atom. The highest BCUT2D eigenvalue weighted by Gasteiger charge is 2.39. The van der Waals surface area contributed by atoms with E-state index in [2.05, 4.69) is 97.7 Å². The van der Waals surface area contributed by atoms with Crippen molar-refractivity contribution in [2.45, 2.75) is 0 Å². The average Bonchev–Trinajstić information content (AvgIpc) is 2.56. The van der Waals surface area contributed by atoms with E-state index < -0.39 is 7.26 Å². The fraction of sp³-hybridized carbons (Fsp3) is 0.0526. The molecule has 122 valence electrons. The topological polar surface area (TPSA) is 0 Å². The predicted molar refractivity (Wildman–Crippen MR) is 104 cm³/mol. The van der Waals surface area contributed by atoms with Crippen LogP contribution in [0.15, 0.2) is 91.0 Å². The molecule has 0 fully saturated rings. The van der Waals surface area contributed by atoms with E-state index in [1.165, 1.54) is 15.9 Å². The number of halogens is 2. The summed E-state index contributed by atoms with van der Waals surface area (Å²) in [5.41, 5.74) is 0. The molecule has 1 atom stereocenters. The van der Waals surface area contributed by atoms with Crippen molar-refractivity contribution in [2.24, 2.45) is 0 Å². The highest BCUT2D eigenvalue weighted by Crippen LogP contribution is 2.51. The van der Waals surface area contributed by atoms with Crippen LogP contribution in [0.4, 0.5) is 0 Å². The molecule has 0 aromatic heterocycles. The molecule has 0 bridgehead atoms. The van der Waals surface area contributed by atoms with E-state index in [4.69, 9.17) is 0 Å². The zero-order chi connectivity index (χ0) is 13.8. The summed E-state index contributed by atoms with van der Waals surface area (Å²) in [6, 6.07) is 32.6. The lowest BCUT2D eigenvalue weighted by molar-refractivity contribution is -0.001000. The molecular weight excluding hydrogens is 450 g/mol. The van der Waals surface area contributed by atoms with Gasteiger partial charge in [0.1, 0.15) is 23.2 Å². The summed E-state index contributed by atoms with van der Waals surface area (Å²) in [7, 11) is -1.53. The molecule has 0 amide bonds. The Labute approximate surface area is 164 Å². The van der Waals surface area contributed by atoms with Crippen molar-refractivity contribution >= 4 is 33.1 Å². The van der Waals surface area contributed by atoms with Gasteiger partial charge >= 0.3 is 0 Å². The number of hydrogen-bond donors (Lipinski definition) is 0. The number of hydrogen-bond acceptors (Lipinski definition) is 0. The molecular formula is C19H22Br2P2. The maximum Gasteiger partial charge on any atom is 0.109 e. The molecule has 3 aromatic rings. The fourth-order valence-corrected chi connectivity index (χ4v) is 5.83. The second kappa shape index (κ2) is 10.4. The first-order valence-electron chi connectivity index (χ1n) is 6.85. The molecule has 0 N–H and O–H groups in total. The summed E-state index contributed by atoms with van der Waals surface area (Å²) in [5, 5.41) is 4.28. The molecule has 0 aliphatic carbocycles.